The van der Waals surface area contributed by atoms with Crippen LogP contribution in [0, 0.1) is 0 Å². The topological polar surface area (TPSA) is 37.3 Å². The van der Waals surface area contributed by atoms with Crippen LogP contribution >= 0.6 is 0 Å². The first-order valence-electron chi connectivity index (χ1n) is 4.30. The zero-order chi connectivity index (χ0) is 9.26. The van der Waals surface area contributed by atoms with Crippen molar-refractivity contribution in [2.45, 2.75) is 12.8 Å². The van der Waals surface area contributed by atoms with Crippen molar-refractivity contribution in [2.75, 3.05) is 0 Å². The Hall–Kier alpha value is -1.57. The van der Waals surface area contributed by atoms with Crippen molar-refractivity contribution in [3.8, 4) is 5.75 Å². The van der Waals surface area contributed by atoms with Crippen LogP contribution in [-0.4, -0.2) is 5.11 Å². The highest BCUT2D eigenvalue weighted by Gasteiger charge is 2.07. The summed E-state index contributed by atoms with van der Waals surface area (Å²) < 4.78 is 0. The fourth-order valence-electron chi connectivity index (χ4n) is 1.32. The molecule has 0 radical (unpaired) electrons. The predicted octanol–water partition coefficient (Wildman–Crippen LogP) is 1.93. The number of aromatic hydroxyl groups is 1. The van der Waals surface area contributed by atoms with Gasteiger partial charge in [0.1, 0.15) is 0 Å². The van der Waals surface area contributed by atoms with Crippen LogP contribution in [0.4, 0.5) is 0 Å². The van der Waals surface area contributed by atoms with Crippen LogP contribution in [0.15, 0.2) is 35.1 Å². The van der Waals surface area contributed by atoms with E-state index in [9.17, 15) is 4.79 Å². The Bertz CT molecular complexity index is 419. The molecule has 13 heavy (non-hydrogen) atoms. The molecule has 0 unspecified atom stereocenters. The first kappa shape index (κ1) is 8.05. The SMILES string of the molecule is O=c1ccc(C2=CCC2)ccc1O. The van der Waals surface area contributed by atoms with Crippen molar-refractivity contribution in [3.05, 3.63) is 46.1 Å². The van der Waals surface area contributed by atoms with E-state index in [0.29, 0.717) is 0 Å². The molecule has 2 heteroatoms. The number of hydrogen-bond acceptors (Lipinski definition) is 2. The lowest BCUT2D eigenvalue weighted by Gasteiger charge is -2.12. The molecular formula is C11H10O2. The van der Waals surface area contributed by atoms with Gasteiger partial charge in [-0.15, -0.1) is 0 Å². The van der Waals surface area contributed by atoms with Crippen LogP contribution in [0.5, 0.6) is 5.75 Å². The third-order valence-corrected chi connectivity index (χ3v) is 2.26. The summed E-state index contributed by atoms with van der Waals surface area (Å²) >= 11 is 0. The van der Waals surface area contributed by atoms with Crippen LogP contribution in [-0.2, 0) is 0 Å². The molecule has 1 aliphatic rings. The molecule has 2 rings (SSSR count). The molecule has 0 atom stereocenters. The Morgan fingerprint density at radius 1 is 1.15 bits per heavy atom. The van der Waals surface area contributed by atoms with Gasteiger partial charge in [0, 0.05) is 0 Å². The van der Waals surface area contributed by atoms with Gasteiger partial charge in [0.25, 0.3) is 0 Å². The molecule has 1 aliphatic carbocycles. The summed E-state index contributed by atoms with van der Waals surface area (Å²) in [5.74, 6) is -0.189. The molecule has 0 saturated carbocycles. The van der Waals surface area contributed by atoms with Gasteiger partial charge in [-0.05, 0) is 36.1 Å². The van der Waals surface area contributed by atoms with Gasteiger partial charge < -0.3 is 5.11 Å². The third kappa shape index (κ3) is 1.47. The van der Waals surface area contributed by atoms with E-state index < -0.39 is 0 Å². The van der Waals surface area contributed by atoms with E-state index in [4.69, 9.17) is 5.11 Å². The molecule has 1 aromatic carbocycles. The zero-order valence-electron chi connectivity index (χ0n) is 7.16. The Kier molecular flexibility index (Phi) is 1.89. The molecule has 0 bridgehead atoms. The molecular weight excluding hydrogens is 164 g/mol. The second-order valence-corrected chi connectivity index (χ2v) is 3.14. The second-order valence-electron chi connectivity index (χ2n) is 3.14. The minimum absolute atomic E-state index is 0.189. The number of allylic oxidation sites excluding steroid dienone is 2. The Balaban J connectivity index is 2.52. The van der Waals surface area contributed by atoms with Crippen LogP contribution in [0.3, 0.4) is 0 Å². The molecule has 0 heterocycles. The number of rotatable bonds is 1. The Labute approximate surface area is 76.2 Å². The molecule has 66 valence electrons. The standard InChI is InChI=1S/C11H10O2/c12-10-6-4-9(5-7-11(10)13)8-2-1-3-8/h2,4-7H,1,3H2,(H,12,13). The summed E-state index contributed by atoms with van der Waals surface area (Å²) in [7, 11) is 0. The van der Waals surface area contributed by atoms with Crippen LogP contribution in [0.25, 0.3) is 5.57 Å². The highest BCUT2D eigenvalue weighted by molar-refractivity contribution is 5.69. The molecule has 0 spiro atoms. The third-order valence-electron chi connectivity index (χ3n) is 2.26. The van der Waals surface area contributed by atoms with E-state index in [1.54, 1.807) is 12.1 Å². The van der Waals surface area contributed by atoms with Gasteiger partial charge in [-0.2, -0.15) is 0 Å². The maximum atomic E-state index is 11.0. The van der Waals surface area contributed by atoms with Crippen molar-refractivity contribution in [2.24, 2.45) is 0 Å². The highest BCUT2D eigenvalue weighted by atomic mass is 16.3. The van der Waals surface area contributed by atoms with Gasteiger partial charge in [0.05, 0.1) is 0 Å². The van der Waals surface area contributed by atoms with Crippen molar-refractivity contribution < 1.29 is 5.11 Å². The summed E-state index contributed by atoms with van der Waals surface area (Å²) in [6.45, 7) is 0. The van der Waals surface area contributed by atoms with Crippen molar-refractivity contribution in [3.63, 3.8) is 0 Å². The first-order chi connectivity index (χ1) is 6.27. The molecule has 0 fully saturated rings. The molecule has 2 nitrogen and oxygen atoms in total. The van der Waals surface area contributed by atoms with Gasteiger partial charge >= 0.3 is 0 Å². The van der Waals surface area contributed by atoms with Gasteiger partial charge in [0.2, 0.25) is 5.43 Å². The quantitative estimate of drug-likeness (QED) is 0.706. The smallest absolute Gasteiger partial charge is 0.220 e. The maximum Gasteiger partial charge on any atom is 0.220 e. The summed E-state index contributed by atoms with van der Waals surface area (Å²) in [6, 6.07) is 6.40. The van der Waals surface area contributed by atoms with E-state index in [2.05, 4.69) is 6.08 Å². The van der Waals surface area contributed by atoms with Gasteiger partial charge in [0.15, 0.2) is 5.75 Å². The maximum absolute atomic E-state index is 11.0. The largest absolute Gasteiger partial charge is 0.504 e. The normalized spacial score (nSPS) is 14.6. The van der Waals surface area contributed by atoms with E-state index in [1.165, 1.54) is 17.7 Å². The fraction of sp³-hybridized carbons (Fsp3) is 0.182. The lowest BCUT2D eigenvalue weighted by Crippen LogP contribution is -1.92. The molecule has 0 aromatic heterocycles. The lowest BCUT2D eigenvalue weighted by atomic mass is 9.93. The van der Waals surface area contributed by atoms with Gasteiger partial charge in [-0.25, -0.2) is 0 Å². The average molecular weight is 174 g/mol. The van der Waals surface area contributed by atoms with E-state index in [0.717, 1.165) is 18.4 Å². The van der Waals surface area contributed by atoms with E-state index in [1.807, 2.05) is 0 Å². The molecule has 0 aliphatic heterocycles. The van der Waals surface area contributed by atoms with Crippen LogP contribution < -0.4 is 5.43 Å². The predicted molar refractivity (Wildman–Crippen MR) is 51.6 cm³/mol. The van der Waals surface area contributed by atoms with Gasteiger partial charge in [-0.3, -0.25) is 4.79 Å². The minimum atomic E-state index is -0.328. The highest BCUT2D eigenvalue weighted by Crippen LogP contribution is 2.28. The van der Waals surface area contributed by atoms with Crippen molar-refractivity contribution in [1.29, 1.82) is 0 Å². The summed E-state index contributed by atoms with van der Waals surface area (Å²) in [5.41, 5.74) is 1.96. The van der Waals surface area contributed by atoms with Gasteiger partial charge in [-0.1, -0.05) is 18.2 Å². The monoisotopic (exact) mass is 174 g/mol. The van der Waals surface area contributed by atoms with E-state index in [-0.39, 0.29) is 11.2 Å². The number of hydrogen-bond donors (Lipinski definition) is 1. The Morgan fingerprint density at radius 3 is 2.46 bits per heavy atom. The second kappa shape index (κ2) is 3.05. The fourth-order valence-corrected chi connectivity index (χ4v) is 1.32. The molecule has 1 N–H and O–H groups in total. The van der Waals surface area contributed by atoms with Crippen molar-refractivity contribution in [1.82, 2.24) is 0 Å². The van der Waals surface area contributed by atoms with E-state index >= 15 is 0 Å². The summed E-state index contributed by atoms with van der Waals surface area (Å²) in [5, 5.41) is 9.14. The Morgan fingerprint density at radius 2 is 1.85 bits per heavy atom. The lowest BCUT2D eigenvalue weighted by molar-refractivity contribution is 0.471. The first-order valence-corrected chi connectivity index (χ1v) is 4.30. The minimum Gasteiger partial charge on any atom is -0.504 e. The van der Waals surface area contributed by atoms with Crippen LogP contribution in [0.1, 0.15) is 18.4 Å². The average Bonchev–Trinajstić information content (AvgIpc) is 2.16. The van der Waals surface area contributed by atoms with Crippen molar-refractivity contribution >= 4 is 5.57 Å². The molecule has 0 amide bonds. The zero-order valence-corrected chi connectivity index (χ0v) is 7.16. The molecule has 1 aromatic rings. The summed E-state index contributed by atoms with van der Waals surface area (Å²) in [4.78, 5) is 11.0. The molecule has 0 saturated heterocycles. The summed E-state index contributed by atoms with van der Waals surface area (Å²) in [6.07, 6.45) is 4.32. The van der Waals surface area contributed by atoms with Crippen LogP contribution in [0.2, 0.25) is 0 Å².